The van der Waals surface area contributed by atoms with Crippen molar-refractivity contribution in [2.45, 2.75) is 40.2 Å². The Morgan fingerprint density at radius 3 is 2.50 bits per heavy atom. The van der Waals surface area contributed by atoms with Crippen molar-refractivity contribution < 1.29 is 4.79 Å². The molecule has 0 amide bonds. The summed E-state index contributed by atoms with van der Waals surface area (Å²) in [6.07, 6.45) is 3.18. The van der Waals surface area contributed by atoms with E-state index >= 15 is 0 Å². The van der Waals surface area contributed by atoms with Crippen LogP contribution in [0.15, 0.2) is 58.9 Å². The summed E-state index contributed by atoms with van der Waals surface area (Å²) in [4.78, 5) is 39.4. The Balaban J connectivity index is 1.90. The number of hydrogen-bond acceptors (Lipinski definition) is 8. The van der Waals surface area contributed by atoms with E-state index < -0.39 is 6.04 Å². The van der Waals surface area contributed by atoms with Gasteiger partial charge in [0.05, 0.1) is 28.3 Å². The standard InChI is InChI=1S/C29H33N7O2/c1-5-23(33-26-22(19(4)32-29(30)35-26)15-20(17-37)16-31-6-2)27-34-24-14-10-11-18(3)25(24)28(38)36(27)21-12-8-7-9-13-21/h7-15,17,23,31H,5-6,16H2,1-4H3,(H3,30,32,33,35). The number of nitrogens with zero attached hydrogens (tertiary/aromatic N) is 4. The first kappa shape index (κ1) is 26.7. The van der Waals surface area contributed by atoms with Crippen molar-refractivity contribution >= 4 is 35.0 Å². The van der Waals surface area contributed by atoms with Crippen molar-refractivity contribution in [2.75, 3.05) is 24.1 Å². The molecule has 0 aliphatic rings. The highest BCUT2D eigenvalue weighted by molar-refractivity contribution is 5.85. The van der Waals surface area contributed by atoms with Gasteiger partial charge in [0, 0.05) is 17.7 Å². The summed E-state index contributed by atoms with van der Waals surface area (Å²) in [5.41, 5.74) is 9.95. The molecule has 196 valence electrons. The number of para-hydroxylation sites is 1. The largest absolute Gasteiger partial charge is 0.368 e. The Hall–Kier alpha value is -4.37. The van der Waals surface area contributed by atoms with Crippen molar-refractivity contribution in [2.24, 2.45) is 0 Å². The molecule has 38 heavy (non-hydrogen) atoms. The molecule has 0 fully saturated rings. The number of rotatable bonds is 10. The van der Waals surface area contributed by atoms with Crippen LogP contribution in [0, 0.1) is 13.8 Å². The number of nitrogen functional groups attached to an aromatic ring is 1. The maximum atomic E-state index is 13.9. The first-order valence-corrected chi connectivity index (χ1v) is 12.7. The van der Waals surface area contributed by atoms with Gasteiger partial charge in [0.25, 0.3) is 5.56 Å². The zero-order chi connectivity index (χ0) is 27.2. The third-order valence-corrected chi connectivity index (χ3v) is 6.39. The molecular weight excluding hydrogens is 478 g/mol. The van der Waals surface area contributed by atoms with Crippen LogP contribution in [0.2, 0.25) is 0 Å². The second kappa shape index (κ2) is 11.8. The number of nitrogens with one attached hydrogen (secondary N) is 2. The molecule has 4 rings (SSSR count). The Bertz CT molecular complexity index is 1540. The van der Waals surface area contributed by atoms with E-state index in [1.54, 1.807) is 10.6 Å². The molecule has 0 radical (unpaired) electrons. The van der Waals surface area contributed by atoms with E-state index in [9.17, 15) is 9.59 Å². The molecule has 1 unspecified atom stereocenters. The first-order valence-electron chi connectivity index (χ1n) is 12.7. The minimum absolute atomic E-state index is 0.110. The van der Waals surface area contributed by atoms with E-state index in [0.717, 1.165) is 24.1 Å². The maximum absolute atomic E-state index is 13.9. The smallest absolute Gasteiger partial charge is 0.266 e. The lowest BCUT2D eigenvalue weighted by Crippen LogP contribution is -2.29. The van der Waals surface area contributed by atoms with Crippen LogP contribution in [-0.2, 0) is 4.79 Å². The summed E-state index contributed by atoms with van der Waals surface area (Å²) in [6, 6.07) is 14.7. The van der Waals surface area contributed by atoms with Gasteiger partial charge in [0.1, 0.15) is 17.9 Å². The van der Waals surface area contributed by atoms with E-state index in [1.165, 1.54) is 0 Å². The predicted molar refractivity (Wildman–Crippen MR) is 152 cm³/mol. The molecule has 0 aliphatic heterocycles. The van der Waals surface area contributed by atoms with Crippen molar-refractivity contribution in [1.82, 2.24) is 24.8 Å². The van der Waals surface area contributed by atoms with Gasteiger partial charge in [-0.15, -0.1) is 0 Å². The van der Waals surface area contributed by atoms with Gasteiger partial charge < -0.3 is 16.4 Å². The minimum Gasteiger partial charge on any atom is -0.368 e. The molecule has 1 atom stereocenters. The average Bonchev–Trinajstić information content (AvgIpc) is 2.91. The summed E-state index contributed by atoms with van der Waals surface area (Å²) < 4.78 is 1.66. The number of carbonyl (C=O) groups excluding carboxylic acids is 1. The fourth-order valence-electron chi connectivity index (χ4n) is 4.45. The highest BCUT2D eigenvalue weighted by Crippen LogP contribution is 2.28. The number of aldehydes is 1. The molecule has 0 saturated heterocycles. The summed E-state index contributed by atoms with van der Waals surface area (Å²) in [5, 5.41) is 7.21. The van der Waals surface area contributed by atoms with Crippen LogP contribution in [0.5, 0.6) is 0 Å². The lowest BCUT2D eigenvalue weighted by Gasteiger charge is -2.23. The SMILES string of the molecule is CCNCC(C=O)=Cc1c(C)nc(N)nc1NC(CC)c1nc2cccc(C)c2c(=O)n1-c1ccccc1. The molecule has 9 heteroatoms. The van der Waals surface area contributed by atoms with Crippen molar-refractivity contribution in [1.29, 1.82) is 0 Å². The highest BCUT2D eigenvalue weighted by atomic mass is 16.1. The lowest BCUT2D eigenvalue weighted by atomic mass is 10.1. The molecule has 0 bridgehead atoms. The molecule has 4 aromatic rings. The fourth-order valence-corrected chi connectivity index (χ4v) is 4.45. The van der Waals surface area contributed by atoms with Crippen LogP contribution >= 0.6 is 0 Å². The van der Waals surface area contributed by atoms with E-state index in [4.69, 9.17) is 10.7 Å². The maximum Gasteiger partial charge on any atom is 0.266 e. The number of likely N-dealkylation sites (N-methyl/N-ethyl adjacent to an activating group) is 1. The van der Waals surface area contributed by atoms with Crippen molar-refractivity contribution in [3.63, 3.8) is 0 Å². The van der Waals surface area contributed by atoms with E-state index in [1.807, 2.05) is 76.2 Å². The Morgan fingerprint density at radius 2 is 1.82 bits per heavy atom. The summed E-state index contributed by atoms with van der Waals surface area (Å²) >= 11 is 0. The number of aryl methyl sites for hydroxylation is 2. The highest BCUT2D eigenvalue weighted by Gasteiger charge is 2.23. The quantitative estimate of drug-likeness (QED) is 0.214. The molecule has 0 spiro atoms. The molecule has 9 nitrogen and oxygen atoms in total. The lowest BCUT2D eigenvalue weighted by molar-refractivity contribution is -0.104. The summed E-state index contributed by atoms with van der Waals surface area (Å²) in [7, 11) is 0. The van der Waals surface area contributed by atoms with Gasteiger partial charge in [-0.05, 0) is 56.7 Å². The number of fused-ring (bicyclic) bond motifs is 1. The molecule has 2 heterocycles. The van der Waals surface area contributed by atoms with Gasteiger partial charge in [0.15, 0.2) is 0 Å². The van der Waals surface area contributed by atoms with Gasteiger partial charge in [-0.1, -0.05) is 44.2 Å². The van der Waals surface area contributed by atoms with Gasteiger partial charge in [-0.3, -0.25) is 14.2 Å². The predicted octanol–water partition coefficient (Wildman–Crippen LogP) is 4.13. The second-order valence-corrected chi connectivity index (χ2v) is 9.07. The minimum atomic E-state index is -0.401. The Morgan fingerprint density at radius 1 is 1.05 bits per heavy atom. The van der Waals surface area contributed by atoms with Crippen molar-refractivity contribution in [3.05, 3.63) is 87.1 Å². The van der Waals surface area contributed by atoms with Gasteiger partial charge in [-0.2, -0.15) is 4.98 Å². The third-order valence-electron chi connectivity index (χ3n) is 6.39. The van der Waals surface area contributed by atoms with Crippen LogP contribution in [-0.4, -0.2) is 38.9 Å². The Labute approximate surface area is 221 Å². The summed E-state index contributed by atoms with van der Waals surface area (Å²) in [5.74, 6) is 1.13. The van der Waals surface area contributed by atoms with E-state index in [0.29, 0.717) is 52.3 Å². The van der Waals surface area contributed by atoms with Crippen molar-refractivity contribution in [3.8, 4) is 5.69 Å². The molecule has 2 aromatic carbocycles. The van der Waals surface area contributed by atoms with Crippen LogP contribution in [0.4, 0.5) is 11.8 Å². The number of benzene rings is 2. The topological polar surface area (TPSA) is 128 Å². The van der Waals surface area contributed by atoms with E-state index in [-0.39, 0.29) is 11.5 Å². The number of anilines is 2. The fraction of sp³-hybridized carbons (Fsp3) is 0.276. The molecular formula is C29H33N7O2. The van der Waals surface area contributed by atoms with Gasteiger partial charge in [0.2, 0.25) is 5.95 Å². The number of hydrogen-bond donors (Lipinski definition) is 3. The first-order chi connectivity index (χ1) is 18.4. The molecule has 4 N–H and O–H groups in total. The molecule has 0 saturated carbocycles. The van der Waals surface area contributed by atoms with Gasteiger partial charge in [-0.25, -0.2) is 9.97 Å². The monoisotopic (exact) mass is 511 g/mol. The molecule has 2 aromatic heterocycles. The Kier molecular flexibility index (Phi) is 8.28. The van der Waals surface area contributed by atoms with Crippen LogP contribution in [0.1, 0.15) is 49.0 Å². The zero-order valence-electron chi connectivity index (χ0n) is 22.2. The second-order valence-electron chi connectivity index (χ2n) is 9.07. The number of aromatic nitrogens is 4. The van der Waals surface area contributed by atoms with E-state index in [2.05, 4.69) is 20.6 Å². The van der Waals surface area contributed by atoms with Crippen LogP contribution < -0.4 is 21.9 Å². The van der Waals surface area contributed by atoms with Gasteiger partial charge >= 0.3 is 0 Å². The van der Waals surface area contributed by atoms with Crippen LogP contribution in [0.3, 0.4) is 0 Å². The summed E-state index contributed by atoms with van der Waals surface area (Å²) in [6.45, 7) is 8.87. The molecule has 0 aliphatic carbocycles. The average molecular weight is 512 g/mol. The zero-order valence-corrected chi connectivity index (χ0v) is 22.2. The van der Waals surface area contributed by atoms with Crippen LogP contribution in [0.25, 0.3) is 22.7 Å². The number of nitrogens with two attached hydrogens (primary N) is 1. The number of carbonyl (C=O) groups is 1. The normalized spacial score (nSPS) is 12.5. The third kappa shape index (κ3) is 5.47.